The van der Waals surface area contributed by atoms with Crippen molar-refractivity contribution in [1.82, 2.24) is 4.98 Å². The molecular weight excluding hydrogens is 226 g/mol. The lowest BCUT2D eigenvalue weighted by Crippen LogP contribution is -2.03. The van der Waals surface area contributed by atoms with Gasteiger partial charge in [0, 0.05) is 30.7 Å². The van der Waals surface area contributed by atoms with Gasteiger partial charge in [0.1, 0.15) is 0 Å². The summed E-state index contributed by atoms with van der Waals surface area (Å²) in [5.74, 6) is 0. The van der Waals surface area contributed by atoms with Gasteiger partial charge in [0.2, 0.25) is 0 Å². The van der Waals surface area contributed by atoms with E-state index >= 15 is 0 Å². The maximum atomic E-state index is 10.1. The van der Waals surface area contributed by atoms with Crippen LogP contribution in [0.5, 0.6) is 0 Å². The normalized spacial score (nSPS) is 12.8. The molecule has 2 rings (SSSR count). The van der Waals surface area contributed by atoms with Gasteiger partial charge in [-0.2, -0.15) is 0 Å². The zero-order chi connectivity index (χ0) is 13.0. The SMILES string of the molecule is CCOCCC(O)c1ccc2nc(C)ccc2c1. The number of benzene rings is 1. The molecule has 0 aliphatic heterocycles. The predicted octanol–water partition coefficient (Wildman–Crippen LogP) is 3.00. The number of pyridine rings is 1. The zero-order valence-electron chi connectivity index (χ0n) is 10.9. The van der Waals surface area contributed by atoms with Crippen LogP contribution in [0.3, 0.4) is 0 Å². The van der Waals surface area contributed by atoms with Gasteiger partial charge < -0.3 is 9.84 Å². The number of ether oxygens (including phenoxy) is 1. The van der Waals surface area contributed by atoms with E-state index in [1.807, 2.05) is 44.2 Å². The third-order valence-corrected chi connectivity index (χ3v) is 2.98. The first-order valence-corrected chi connectivity index (χ1v) is 6.34. The van der Waals surface area contributed by atoms with Crippen LogP contribution >= 0.6 is 0 Å². The first kappa shape index (κ1) is 13.0. The molecule has 1 atom stereocenters. The highest BCUT2D eigenvalue weighted by atomic mass is 16.5. The van der Waals surface area contributed by atoms with E-state index in [1.165, 1.54) is 0 Å². The molecule has 0 bridgehead atoms. The van der Waals surface area contributed by atoms with Crippen LogP contribution in [0.25, 0.3) is 10.9 Å². The van der Waals surface area contributed by atoms with Crippen molar-refractivity contribution in [1.29, 1.82) is 0 Å². The van der Waals surface area contributed by atoms with Gasteiger partial charge in [-0.3, -0.25) is 4.98 Å². The fourth-order valence-corrected chi connectivity index (χ4v) is 1.96. The Balaban J connectivity index is 2.16. The Labute approximate surface area is 107 Å². The highest BCUT2D eigenvalue weighted by molar-refractivity contribution is 5.79. The molecule has 1 N–H and O–H groups in total. The number of aromatic nitrogens is 1. The molecule has 1 aromatic carbocycles. The largest absolute Gasteiger partial charge is 0.388 e. The Morgan fingerprint density at radius 3 is 2.89 bits per heavy atom. The topological polar surface area (TPSA) is 42.4 Å². The third kappa shape index (κ3) is 3.06. The fraction of sp³-hybridized carbons (Fsp3) is 0.400. The summed E-state index contributed by atoms with van der Waals surface area (Å²) in [5.41, 5.74) is 2.90. The lowest BCUT2D eigenvalue weighted by atomic mass is 10.0. The maximum Gasteiger partial charge on any atom is 0.0812 e. The molecule has 18 heavy (non-hydrogen) atoms. The summed E-state index contributed by atoms with van der Waals surface area (Å²) >= 11 is 0. The summed E-state index contributed by atoms with van der Waals surface area (Å²) in [6, 6.07) is 9.92. The Hall–Kier alpha value is -1.45. The van der Waals surface area contributed by atoms with Crippen LogP contribution in [0.1, 0.15) is 30.7 Å². The van der Waals surface area contributed by atoms with Crippen LogP contribution in [0.2, 0.25) is 0 Å². The van der Waals surface area contributed by atoms with Crippen LogP contribution < -0.4 is 0 Å². The summed E-state index contributed by atoms with van der Waals surface area (Å²) in [6.45, 7) is 5.20. The predicted molar refractivity (Wildman–Crippen MR) is 72.5 cm³/mol. The molecule has 0 aliphatic rings. The molecule has 0 saturated heterocycles. The van der Waals surface area contributed by atoms with Crippen molar-refractivity contribution < 1.29 is 9.84 Å². The molecule has 0 spiro atoms. The molecule has 0 amide bonds. The Morgan fingerprint density at radius 2 is 2.11 bits per heavy atom. The number of aliphatic hydroxyl groups is 1. The second-order valence-electron chi connectivity index (χ2n) is 4.41. The van der Waals surface area contributed by atoms with E-state index in [2.05, 4.69) is 4.98 Å². The summed E-state index contributed by atoms with van der Waals surface area (Å²) in [5, 5.41) is 11.1. The Kier molecular flexibility index (Phi) is 4.28. The summed E-state index contributed by atoms with van der Waals surface area (Å²) < 4.78 is 5.26. The molecule has 0 radical (unpaired) electrons. The molecule has 3 nitrogen and oxygen atoms in total. The van der Waals surface area contributed by atoms with Crippen LogP contribution in [-0.4, -0.2) is 23.3 Å². The number of fused-ring (bicyclic) bond motifs is 1. The van der Waals surface area contributed by atoms with Gasteiger partial charge in [0.15, 0.2) is 0 Å². The lowest BCUT2D eigenvalue weighted by Gasteiger charge is -2.11. The molecule has 0 saturated carbocycles. The molecule has 96 valence electrons. The van der Waals surface area contributed by atoms with Crippen molar-refractivity contribution in [3.05, 3.63) is 41.6 Å². The molecule has 1 unspecified atom stereocenters. The number of aryl methyl sites for hydroxylation is 1. The highest BCUT2D eigenvalue weighted by Crippen LogP contribution is 2.21. The van der Waals surface area contributed by atoms with E-state index in [0.717, 1.165) is 22.2 Å². The molecule has 0 fully saturated rings. The van der Waals surface area contributed by atoms with Gasteiger partial charge >= 0.3 is 0 Å². The van der Waals surface area contributed by atoms with Crippen LogP contribution in [0, 0.1) is 6.92 Å². The lowest BCUT2D eigenvalue weighted by molar-refractivity contribution is 0.0887. The van der Waals surface area contributed by atoms with Gasteiger partial charge in [-0.25, -0.2) is 0 Å². The van der Waals surface area contributed by atoms with Crippen molar-refractivity contribution >= 4 is 10.9 Å². The minimum Gasteiger partial charge on any atom is -0.388 e. The average molecular weight is 245 g/mol. The minimum absolute atomic E-state index is 0.470. The number of hydrogen-bond acceptors (Lipinski definition) is 3. The molecule has 1 aromatic heterocycles. The number of aliphatic hydroxyl groups excluding tert-OH is 1. The van der Waals surface area contributed by atoms with Gasteiger partial charge in [-0.15, -0.1) is 0 Å². The minimum atomic E-state index is -0.470. The average Bonchev–Trinajstić information content (AvgIpc) is 2.38. The molecular formula is C15H19NO2. The highest BCUT2D eigenvalue weighted by Gasteiger charge is 2.08. The van der Waals surface area contributed by atoms with E-state index in [9.17, 15) is 5.11 Å². The van der Waals surface area contributed by atoms with E-state index in [4.69, 9.17) is 4.74 Å². The van der Waals surface area contributed by atoms with Gasteiger partial charge in [0.05, 0.1) is 11.6 Å². The molecule has 3 heteroatoms. The molecule has 1 heterocycles. The number of hydrogen-bond donors (Lipinski definition) is 1. The van der Waals surface area contributed by atoms with Crippen molar-refractivity contribution in [2.24, 2.45) is 0 Å². The number of nitrogens with zero attached hydrogens (tertiary/aromatic N) is 1. The maximum absolute atomic E-state index is 10.1. The fourth-order valence-electron chi connectivity index (χ4n) is 1.96. The molecule has 0 aliphatic carbocycles. The summed E-state index contributed by atoms with van der Waals surface area (Å²) in [6.07, 6.45) is 0.154. The monoisotopic (exact) mass is 245 g/mol. The van der Waals surface area contributed by atoms with Crippen molar-refractivity contribution in [2.45, 2.75) is 26.4 Å². The van der Waals surface area contributed by atoms with Crippen LogP contribution in [0.4, 0.5) is 0 Å². The van der Waals surface area contributed by atoms with Gasteiger partial charge in [0.25, 0.3) is 0 Å². The Bertz CT molecular complexity index is 525. The molecule has 2 aromatic rings. The Morgan fingerprint density at radius 1 is 1.28 bits per heavy atom. The standard InChI is InChI=1S/C15H19NO2/c1-3-18-9-8-15(17)13-6-7-14-12(10-13)5-4-11(2)16-14/h4-7,10,15,17H,3,8-9H2,1-2H3. The second-order valence-corrected chi connectivity index (χ2v) is 4.41. The van der Waals surface area contributed by atoms with E-state index in [-0.39, 0.29) is 0 Å². The summed E-state index contributed by atoms with van der Waals surface area (Å²) in [7, 11) is 0. The van der Waals surface area contributed by atoms with Gasteiger partial charge in [-0.1, -0.05) is 12.1 Å². The first-order valence-electron chi connectivity index (χ1n) is 6.34. The first-order chi connectivity index (χ1) is 8.70. The van der Waals surface area contributed by atoms with Crippen molar-refractivity contribution in [2.75, 3.05) is 13.2 Å². The second kappa shape index (κ2) is 5.94. The van der Waals surface area contributed by atoms with Crippen LogP contribution in [-0.2, 0) is 4.74 Å². The smallest absolute Gasteiger partial charge is 0.0812 e. The van der Waals surface area contributed by atoms with Crippen molar-refractivity contribution in [3.8, 4) is 0 Å². The van der Waals surface area contributed by atoms with E-state index in [1.54, 1.807) is 0 Å². The zero-order valence-corrected chi connectivity index (χ0v) is 10.9. The van der Waals surface area contributed by atoms with Gasteiger partial charge in [-0.05, 0) is 37.6 Å². The third-order valence-electron chi connectivity index (χ3n) is 2.98. The number of rotatable bonds is 5. The van der Waals surface area contributed by atoms with Crippen LogP contribution in [0.15, 0.2) is 30.3 Å². The quantitative estimate of drug-likeness (QED) is 0.823. The summed E-state index contributed by atoms with van der Waals surface area (Å²) in [4.78, 5) is 4.45. The van der Waals surface area contributed by atoms with E-state index < -0.39 is 6.10 Å². The van der Waals surface area contributed by atoms with E-state index in [0.29, 0.717) is 19.6 Å². The van der Waals surface area contributed by atoms with Crippen molar-refractivity contribution in [3.63, 3.8) is 0 Å².